The van der Waals surface area contributed by atoms with Crippen LogP contribution < -0.4 is 0 Å². The predicted octanol–water partition coefficient (Wildman–Crippen LogP) is 4.80. The SMILES string of the molecule is C/C=C(/Cl)c1ncc(-c2ccc(F)cc2)cc1C. The molecule has 1 aromatic heterocycles. The number of hydrogen-bond donors (Lipinski definition) is 0. The molecule has 0 fully saturated rings. The number of aryl methyl sites for hydroxylation is 1. The van der Waals surface area contributed by atoms with Gasteiger partial charge in [-0.25, -0.2) is 4.39 Å². The van der Waals surface area contributed by atoms with Crippen LogP contribution in [0.5, 0.6) is 0 Å². The fourth-order valence-corrected chi connectivity index (χ4v) is 1.96. The Balaban J connectivity index is 2.43. The second kappa shape index (κ2) is 5.32. The number of benzene rings is 1. The van der Waals surface area contributed by atoms with Crippen molar-refractivity contribution in [1.82, 2.24) is 4.98 Å². The number of hydrogen-bond acceptors (Lipinski definition) is 1. The molecule has 0 N–H and O–H groups in total. The summed E-state index contributed by atoms with van der Waals surface area (Å²) in [7, 11) is 0. The van der Waals surface area contributed by atoms with Crippen LogP contribution in [0.2, 0.25) is 0 Å². The Morgan fingerprint density at radius 3 is 2.44 bits per heavy atom. The topological polar surface area (TPSA) is 12.9 Å². The fraction of sp³-hybridized carbons (Fsp3) is 0.133. The van der Waals surface area contributed by atoms with Gasteiger partial charge in [-0.15, -0.1) is 0 Å². The molecule has 0 aliphatic heterocycles. The van der Waals surface area contributed by atoms with Gasteiger partial charge in [0.1, 0.15) is 5.82 Å². The summed E-state index contributed by atoms with van der Waals surface area (Å²) in [4.78, 5) is 4.35. The summed E-state index contributed by atoms with van der Waals surface area (Å²) >= 11 is 6.06. The van der Waals surface area contributed by atoms with Gasteiger partial charge < -0.3 is 0 Å². The fourth-order valence-electron chi connectivity index (χ4n) is 1.76. The molecule has 0 amide bonds. The van der Waals surface area contributed by atoms with E-state index in [0.717, 1.165) is 22.4 Å². The van der Waals surface area contributed by atoms with Crippen LogP contribution >= 0.6 is 11.6 Å². The Hall–Kier alpha value is -1.67. The van der Waals surface area contributed by atoms with E-state index in [9.17, 15) is 4.39 Å². The zero-order valence-corrected chi connectivity index (χ0v) is 11.0. The molecular formula is C15H13ClFN. The predicted molar refractivity (Wildman–Crippen MR) is 73.9 cm³/mol. The first kappa shape index (κ1) is 12.8. The van der Waals surface area contributed by atoms with Crippen LogP contribution in [0.4, 0.5) is 4.39 Å². The van der Waals surface area contributed by atoms with E-state index in [1.54, 1.807) is 18.3 Å². The minimum Gasteiger partial charge on any atom is -0.254 e. The third kappa shape index (κ3) is 2.59. The Morgan fingerprint density at radius 1 is 1.22 bits per heavy atom. The molecule has 0 spiro atoms. The van der Waals surface area contributed by atoms with Gasteiger partial charge in [-0.05, 0) is 43.2 Å². The molecule has 3 heteroatoms. The summed E-state index contributed by atoms with van der Waals surface area (Å²) in [6, 6.07) is 8.36. The van der Waals surface area contributed by atoms with E-state index in [0.29, 0.717) is 5.03 Å². The largest absolute Gasteiger partial charge is 0.254 e. The van der Waals surface area contributed by atoms with Gasteiger partial charge in [0.05, 0.1) is 10.7 Å². The van der Waals surface area contributed by atoms with Gasteiger partial charge in [0.25, 0.3) is 0 Å². The number of allylic oxidation sites excluding steroid dienone is 1. The molecule has 1 heterocycles. The zero-order chi connectivity index (χ0) is 13.1. The molecule has 0 unspecified atom stereocenters. The lowest BCUT2D eigenvalue weighted by Gasteiger charge is -2.07. The summed E-state index contributed by atoms with van der Waals surface area (Å²) in [6.07, 6.45) is 3.57. The Labute approximate surface area is 111 Å². The third-order valence-corrected chi connectivity index (χ3v) is 3.13. The molecule has 0 saturated heterocycles. The van der Waals surface area contributed by atoms with Crippen molar-refractivity contribution >= 4 is 16.6 Å². The highest BCUT2D eigenvalue weighted by molar-refractivity contribution is 6.48. The number of aromatic nitrogens is 1. The van der Waals surface area contributed by atoms with E-state index >= 15 is 0 Å². The van der Waals surface area contributed by atoms with Crippen LogP contribution in [0.1, 0.15) is 18.2 Å². The van der Waals surface area contributed by atoms with Crippen molar-refractivity contribution in [3.8, 4) is 11.1 Å². The number of rotatable bonds is 2. The lowest BCUT2D eigenvalue weighted by molar-refractivity contribution is 0.628. The van der Waals surface area contributed by atoms with Crippen LogP contribution in [0, 0.1) is 12.7 Å². The van der Waals surface area contributed by atoms with E-state index in [-0.39, 0.29) is 5.82 Å². The van der Waals surface area contributed by atoms with Crippen LogP contribution in [-0.4, -0.2) is 4.98 Å². The minimum absolute atomic E-state index is 0.239. The molecule has 0 aliphatic rings. The molecule has 92 valence electrons. The van der Waals surface area contributed by atoms with Gasteiger partial charge in [0.2, 0.25) is 0 Å². The number of halogens is 2. The first-order valence-electron chi connectivity index (χ1n) is 5.66. The molecule has 0 aliphatic carbocycles. The van der Waals surface area contributed by atoms with Crippen molar-refractivity contribution in [3.63, 3.8) is 0 Å². The molecular weight excluding hydrogens is 249 g/mol. The van der Waals surface area contributed by atoms with E-state index in [2.05, 4.69) is 4.98 Å². The minimum atomic E-state index is -0.239. The van der Waals surface area contributed by atoms with Gasteiger partial charge in [0, 0.05) is 11.8 Å². The average molecular weight is 262 g/mol. The number of pyridine rings is 1. The quantitative estimate of drug-likeness (QED) is 0.757. The molecule has 2 rings (SSSR count). The normalized spacial score (nSPS) is 11.7. The van der Waals surface area contributed by atoms with Crippen molar-refractivity contribution in [1.29, 1.82) is 0 Å². The maximum absolute atomic E-state index is 12.9. The van der Waals surface area contributed by atoms with Crippen LogP contribution in [0.15, 0.2) is 42.6 Å². The molecule has 0 radical (unpaired) electrons. The van der Waals surface area contributed by atoms with E-state index in [1.807, 2.05) is 26.0 Å². The highest BCUT2D eigenvalue weighted by Crippen LogP contribution is 2.25. The summed E-state index contributed by atoms with van der Waals surface area (Å²) in [5.41, 5.74) is 3.68. The summed E-state index contributed by atoms with van der Waals surface area (Å²) in [6.45, 7) is 3.83. The van der Waals surface area contributed by atoms with E-state index in [1.165, 1.54) is 12.1 Å². The summed E-state index contributed by atoms with van der Waals surface area (Å²) < 4.78 is 12.9. The maximum Gasteiger partial charge on any atom is 0.123 e. The first-order chi connectivity index (χ1) is 8.61. The molecule has 0 bridgehead atoms. The Kier molecular flexibility index (Phi) is 3.78. The van der Waals surface area contributed by atoms with Gasteiger partial charge >= 0.3 is 0 Å². The van der Waals surface area contributed by atoms with Crippen molar-refractivity contribution in [2.75, 3.05) is 0 Å². The monoisotopic (exact) mass is 261 g/mol. The van der Waals surface area contributed by atoms with Gasteiger partial charge in [-0.3, -0.25) is 4.98 Å². The number of nitrogens with zero attached hydrogens (tertiary/aromatic N) is 1. The summed E-state index contributed by atoms with van der Waals surface area (Å²) in [5, 5.41) is 0.637. The third-order valence-electron chi connectivity index (χ3n) is 2.74. The average Bonchev–Trinajstić information content (AvgIpc) is 2.38. The van der Waals surface area contributed by atoms with Crippen LogP contribution in [0.3, 0.4) is 0 Å². The van der Waals surface area contributed by atoms with Crippen molar-refractivity contribution in [2.45, 2.75) is 13.8 Å². The lowest BCUT2D eigenvalue weighted by atomic mass is 10.0. The van der Waals surface area contributed by atoms with E-state index < -0.39 is 0 Å². The molecule has 1 aromatic carbocycles. The second-order valence-electron chi connectivity index (χ2n) is 4.03. The van der Waals surface area contributed by atoms with Crippen molar-refractivity contribution in [3.05, 3.63) is 59.7 Å². The Morgan fingerprint density at radius 2 is 1.89 bits per heavy atom. The first-order valence-corrected chi connectivity index (χ1v) is 6.04. The van der Waals surface area contributed by atoms with Crippen LogP contribution in [-0.2, 0) is 0 Å². The van der Waals surface area contributed by atoms with Crippen molar-refractivity contribution < 1.29 is 4.39 Å². The molecule has 18 heavy (non-hydrogen) atoms. The maximum atomic E-state index is 12.9. The molecule has 1 nitrogen and oxygen atoms in total. The molecule has 2 aromatic rings. The smallest absolute Gasteiger partial charge is 0.123 e. The van der Waals surface area contributed by atoms with Gasteiger partial charge in [-0.2, -0.15) is 0 Å². The summed E-state index contributed by atoms with van der Waals surface area (Å²) in [5.74, 6) is -0.239. The highest BCUT2D eigenvalue weighted by Gasteiger charge is 2.06. The van der Waals surface area contributed by atoms with Crippen LogP contribution in [0.25, 0.3) is 16.2 Å². The molecule has 0 saturated carbocycles. The standard InChI is InChI=1S/C15H13ClFN/c1-3-14(16)15-10(2)8-12(9-18-15)11-4-6-13(17)7-5-11/h3-9H,1-2H3/b14-3+. The molecule has 0 atom stereocenters. The lowest BCUT2D eigenvalue weighted by Crippen LogP contribution is -1.91. The van der Waals surface area contributed by atoms with Gasteiger partial charge in [0.15, 0.2) is 0 Å². The van der Waals surface area contributed by atoms with Gasteiger partial charge in [-0.1, -0.05) is 29.8 Å². The zero-order valence-electron chi connectivity index (χ0n) is 10.2. The second-order valence-corrected chi connectivity index (χ2v) is 4.44. The highest BCUT2D eigenvalue weighted by atomic mass is 35.5. The van der Waals surface area contributed by atoms with Crippen molar-refractivity contribution in [2.24, 2.45) is 0 Å². The Bertz CT molecular complexity index is 588. The van der Waals surface area contributed by atoms with E-state index in [4.69, 9.17) is 11.6 Å².